The summed E-state index contributed by atoms with van der Waals surface area (Å²) < 4.78 is 0. The van der Waals surface area contributed by atoms with Gasteiger partial charge in [0.25, 0.3) is 0 Å². The lowest BCUT2D eigenvalue weighted by atomic mass is 9.93. The van der Waals surface area contributed by atoms with Crippen molar-refractivity contribution in [2.24, 2.45) is 5.92 Å². The summed E-state index contributed by atoms with van der Waals surface area (Å²) in [6.07, 6.45) is 1.84. The predicted octanol–water partition coefficient (Wildman–Crippen LogP) is 2.43. The summed E-state index contributed by atoms with van der Waals surface area (Å²) in [6, 6.07) is 1.85. The fourth-order valence-corrected chi connectivity index (χ4v) is 3.13. The molecule has 0 saturated carbocycles. The standard InChI is InChI=1S/C10H14ClNOS/c11-8-3-5-14-10(8)9(13)7-2-1-4-12-6-7/h3,5,7,9,12-13H,1-2,4,6H2. The van der Waals surface area contributed by atoms with Gasteiger partial charge < -0.3 is 10.4 Å². The van der Waals surface area contributed by atoms with E-state index in [2.05, 4.69) is 5.32 Å². The Morgan fingerprint density at radius 3 is 3.07 bits per heavy atom. The molecule has 1 aromatic heterocycles. The zero-order chi connectivity index (χ0) is 9.97. The van der Waals surface area contributed by atoms with Crippen molar-refractivity contribution >= 4 is 22.9 Å². The van der Waals surface area contributed by atoms with Gasteiger partial charge in [-0.3, -0.25) is 0 Å². The van der Waals surface area contributed by atoms with Crippen LogP contribution in [0.3, 0.4) is 0 Å². The molecule has 2 rings (SSSR count). The van der Waals surface area contributed by atoms with Gasteiger partial charge in [0.15, 0.2) is 0 Å². The Morgan fingerprint density at radius 1 is 1.64 bits per heavy atom. The van der Waals surface area contributed by atoms with Crippen LogP contribution in [-0.2, 0) is 0 Å². The van der Waals surface area contributed by atoms with Crippen molar-refractivity contribution in [3.63, 3.8) is 0 Å². The van der Waals surface area contributed by atoms with E-state index in [0.29, 0.717) is 10.9 Å². The number of hydrogen-bond donors (Lipinski definition) is 2. The first kappa shape index (κ1) is 10.4. The predicted molar refractivity (Wildman–Crippen MR) is 59.9 cm³/mol. The lowest BCUT2D eigenvalue weighted by Crippen LogP contribution is -2.33. The number of aliphatic hydroxyl groups is 1. The first-order valence-electron chi connectivity index (χ1n) is 4.90. The third kappa shape index (κ3) is 2.11. The molecule has 1 aromatic rings. The van der Waals surface area contributed by atoms with Crippen LogP contribution in [0, 0.1) is 5.92 Å². The second kappa shape index (κ2) is 4.62. The Kier molecular flexibility index (Phi) is 3.44. The smallest absolute Gasteiger partial charge is 0.0937 e. The van der Waals surface area contributed by atoms with Crippen molar-refractivity contribution in [2.75, 3.05) is 13.1 Å². The summed E-state index contributed by atoms with van der Waals surface area (Å²) in [4.78, 5) is 0.917. The van der Waals surface area contributed by atoms with Gasteiger partial charge >= 0.3 is 0 Å². The van der Waals surface area contributed by atoms with Gasteiger partial charge in [-0.25, -0.2) is 0 Å². The molecule has 2 unspecified atom stereocenters. The van der Waals surface area contributed by atoms with Crippen molar-refractivity contribution in [3.05, 3.63) is 21.3 Å². The highest BCUT2D eigenvalue weighted by molar-refractivity contribution is 7.10. The Labute approximate surface area is 92.9 Å². The summed E-state index contributed by atoms with van der Waals surface area (Å²) >= 11 is 7.53. The molecule has 14 heavy (non-hydrogen) atoms. The fourth-order valence-electron chi connectivity index (χ4n) is 1.88. The summed E-state index contributed by atoms with van der Waals surface area (Å²) in [5.41, 5.74) is 0. The molecule has 0 bridgehead atoms. The number of hydrogen-bond acceptors (Lipinski definition) is 3. The largest absolute Gasteiger partial charge is 0.387 e. The minimum Gasteiger partial charge on any atom is -0.387 e. The molecule has 4 heteroatoms. The molecule has 0 amide bonds. The lowest BCUT2D eigenvalue weighted by Gasteiger charge is -2.26. The van der Waals surface area contributed by atoms with Crippen LogP contribution in [0.5, 0.6) is 0 Å². The molecule has 1 aliphatic heterocycles. The van der Waals surface area contributed by atoms with Gasteiger partial charge in [0.1, 0.15) is 0 Å². The van der Waals surface area contributed by atoms with Gasteiger partial charge in [0.2, 0.25) is 0 Å². The molecular weight excluding hydrogens is 218 g/mol. The van der Waals surface area contributed by atoms with E-state index in [1.807, 2.05) is 11.4 Å². The van der Waals surface area contributed by atoms with Crippen LogP contribution in [-0.4, -0.2) is 18.2 Å². The van der Waals surface area contributed by atoms with E-state index in [-0.39, 0.29) is 0 Å². The van der Waals surface area contributed by atoms with Crippen LogP contribution in [0.1, 0.15) is 23.8 Å². The van der Waals surface area contributed by atoms with Crippen molar-refractivity contribution in [1.82, 2.24) is 5.32 Å². The maximum Gasteiger partial charge on any atom is 0.0937 e. The molecule has 78 valence electrons. The summed E-state index contributed by atoms with van der Waals surface area (Å²) in [7, 11) is 0. The first-order valence-corrected chi connectivity index (χ1v) is 6.16. The van der Waals surface area contributed by atoms with Gasteiger partial charge in [0.05, 0.1) is 16.0 Å². The van der Waals surface area contributed by atoms with E-state index in [4.69, 9.17) is 11.6 Å². The van der Waals surface area contributed by atoms with Crippen molar-refractivity contribution in [3.8, 4) is 0 Å². The molecule has 0 aliphatic carbocycles. The molecule has 1 saturated heterocycles. The van der Waals surface area contributed by atoms with Crippen LogP contribution in [0.25, 0.3) is 0 Å². The molecule has 0 spiro atoms. The molecule has 1 aliphatic rings. The Bertz CT molecular complexity index is 296. The molecular formula is C10H14ClNOS. The second-order valence-electron chi connectivity index (χ2n) is 3.68. The van der Waals surface area contributed by atoms with E-state index in [0.717, 1.165) is 30.8 Å². The number of halogens is 1. The monoisotopic (exact) mass is 231 g/mol. The van der Waals surface area contributed by atoms with E-state index in [1.54, 1.807) is 11.3 Å². The summed E-state index contributed by atoms with van der Waals surface area (Å²) in [5.74, 6) is 0.319. The third-order valence-electron chi connectivity index (χ3n) is 2.69. The third-order valence-corrected chi connectivity index (χ3v) is 4.12. The van der Waals surface area contributed by atoms with E-state index < -0.39 is 6.10 Å². The van der Waals surface area contributed by atoms with Crippen LogP contribution >= 0.6 is 22.9 Å². The SMILES string of the molecule is OC(c1sccc1Cl)C1CCCNC1. The molecule has 2 N–H and O–H groups in total. The van der Waals surface area contributed by atoms with Crippen LogP contribution in [0.15, 0.2) is 11.4 Å². The highest BCUT2D eigenvalue weighted by Gasteiger charge is 2.25. The van der Waals surface area contributed by atoms with Crippen molar-refractivity contribution in [2.45, 2.75) is 18.9 Å². The van der Waals surface area contributed by atoms with Gasteiger partial charge in [-0.1, -0.05) is 11.6 Å². The van der Waals surface area contributed by atoms with Gasteiger partial charge in [-0.05, 0) is 30.8 Å². The van der Waals surface area contributed by atoms with Gasteiger partial charge in [-0.15, -0.1) is 11.3 Å². The molecule has 0 aromatic carbocycles. The molecule has 2 nitrogen and oxygen atoms in total. The zero-order valence-electron chi connectivity index (χ0n) is 7.87. The number of aliphatic hydroxyl groups excluding tert-OH is 1. The first-order chi connectivity index (χ1) is 6.79. The minimum atomic E-state index is -0.393. The van der Waals surface area contributed by atoms with Crippen LogP contribution < -0.4 is 5.32 Å². The highest BCUT2D eigenvalue weighted by Crippen LogP contribution is 2.35. The molecule has 0 radical (unpaired) electrons. The second-order valence-corrected chi connectivity index (χ2v) is 5.04. The lowest BCUT2D eigenvalue weighted by molar-refractivity contribution is 0.0954. The van der Waals surface area contributed by atoms with Crippen LogP contribution in [0.2, 0.25) is 5.02 Å². The minimum absolute atomic E-state index is 0.319. The van der Waals surface area contributed by atoms with Gasteiger partial charge in [0, 0.05) is 12.5 Å². The summed E-state index contributed by atoms with van der Waals surface area (Å²) in [6.45, 7) is 1.97. The van der Waals surface area contributed by atoms with Crippen molar-refractivity contribution in [1.29, 1.82) is 0 Å². The summed E-state index contributed by atoms with van der Waals surface area (Å²) in [5, 5.41) is 16.0. The van der Waals surface area contributed by atoms with Crippen molar-refractivity contribution < 1.29 is 5.11 Å². The maximum absolute atomic E-state index is 10.1. The Hall–Kier alpha value is -0.0900. The topological polar surface area (TPSA) is 32.3 Å². The number of nitrogens with one attached hydrogen (secondary N) is 1. The van der Waals surface area contributed by atoms with E-state index in [1.165, 1.54) is 0 Å². The molecule has 2 heterocycles. The highest BCUT2D eigenvalue weighted by atomic mass is 35.5. The molecule has 2 atom stereocenters. The number of rotatable bonds is 2. The Balaban J connectivity index is 2.07. The number of thiophene rings is 1. The maximum atomic E-state index is 10.1. The van der Waals surface area contributed by atoms with Crippen LogP contribution in [0.4, 0.5) is 0 Å². The van der Waals surface area contributed by atoms with Gasteiger partial charge in [-0.2, -0.15) is 0 Å². The fraction of sp³-hybridized carbons (Fsp3) is 0.600. The average molecular weight is 232 g/mol. The zero-order valence-corrected chi connectivity index (χ0v) is 9.44. The molecule has 1 fully saturated rings. The number of piperidine rings is 1. The average Bonchev–Trinajstić information content (AvgIpc) is 2.65. The normalized spacial score (nSPS) is 24.9. The quantitative estimate of drug-likeness (QED) is 0.820. The van der Waals surface area contributed by atoms with E-state index in [9.17, 15) is 5.11 Å². The Morgan fingerprint density at radius 2 is 2.50 bits per heavy atom. The van der Waals surface area contributed by atoms with E-state index >= 15 is 0 Å².